The van der Waals surface area contributed by atoms with E-state index in [1.54, 1.807) is 12.1 Å². The van der Waals surface area contributed by atoms with E-state index in [0.717, 1.165) is 0 Å². The first-order valence-corrected chi connectivity index (χ1v) is 5.20. The second kappa shape index (κ2) is 4.20. The van der Waals surface area contributed by atoms with E-state index in [4.69, 9.17) is 33.2 Å². The summed E-state index contributed by atoms with van der Waals surface area (Å²) in [5.41, 5.74) is 0.494. The molecule has 82 valence electrons. The zero-order chi connectivity index (χ0) is 11.7. The molecule has 0 bridgehead atoms. The van der Waals surface area contributed by atoms with Crippen LogP contribution in [-0.4, -0.2) is 18.7 Å². The maximum absolute atomic E-state index is 11.4. The van der Waals surface area contributed by atoms with Crippen molar-refractivity contribution >= 4 is 35.0 Å². The number of hydrogen-bond donors (Lipinski definition) is 0. The molecule has 1 amide bonds. The van der Waals surface area contributed by atoms with Gasteiger partial charge >= 0.3 is 6.09 Å². The van der Waals surface area contributed by atoms with Gasteiger partial charge in [-0.15, -0.1) is 0 Å². The fourth-order valence-electron chi connectivity index (χ4n) is 1.43. The molecule has 0 aliphatic carbocycles. The van der Waals surface area contributed by atoms with Crippen LogP contribution in [0.25, 0.3) is 0 Å². The lowest BCUT2D eigenvalue weighted by Gasteiger charge is -2.14. The van der Waals surface area contributed by atoms with Gasteiger partial charge in [-0.2, -0.15) is 5.26 Å². The number of nitrogens with zero attached hydrogens (tertiary/aromatic N) is 2. The van der Waals surface area contributed by atoms with Crippen molar-refractivity contribution < 1.29 is 9.53 Å². The van der Waals surface area contributed by atoms with Crippen LogP contribution in [0.4, 0.5) is 10.5 Å². The van der Waals surface area contributed by atoms with E-state index in [-0.39, 0.29) is 6.54 Å². The molecule has 4 nitrogen and oxygen atoms in total. The summed E-state index contributed by atoms with van der Waals surface area (Å²) in [6, 6.07) is 6.64. The molecule has 1 aliphatic rings. The minimum absolute atomic E-state index is 0.177. The lowest BCUT2D eigenvalue weighted by atomic mass is 10.3. The fraction of sp³-hybridized carbons (Fsp3) is 0.200. The molecular weight excluding hydrogens is 251 g/mol. The molecule has 0 aromatic heterocycles. The van der Waals surface area contributed by atoms with Crippen molar-refractivity contribution in [2.24, 2.45) is 0 Å². The summed E-state index contributed by atoms with van der Waals surface area (Å²) in [5.74, 6) is 0. The maximum atomic E-state index is 11.4. The Labute approximate surface area is 102 Å². The maximum Gasteiger partial charge on any atom is 0.415 e. The summed E-state index contributed by atoms with van der Waals surface area (Å²) < 4.78 is 4.80. The molecule has 0 N–H and O–H groups in total. The second-order valence-electron chi connectivity index (χ2n) is 3.21. The molecular formula is C10H6Cl2N2O2. The number of carbonyl (C=O) groups is 1. The van der Waals surface area contributed by atoms with Gasteiger partial charge in [0, 0.05) is 5.02 Å². The molecule has 1 unspecified atom stereocenters. The number of halogens is 2. The number of cyclic esters (lactones) is 1. The Hall–Kier alpha value is -1.44. The van der Waals surface area contributed by atoms with Crippen LogP contribution in [0.15, 0.2) is 18.2 Å². The number of ether oxygens (including phenoxy) is 1. The molecule has 0 radical (unpaired) electrons. The Kier molecular flexibility index (Phi) is 2.90. The highest BCUT2D eigenvalue weighted by molar-refractivity contribution is 6.36. The highest BCUT2D eigenvalue weighted by Gasteiger charge is 2.33. The molecule has 1 aromatic carbocycles. The number of benzene rings is 1. The normalized spacial score (nSPS) is 19.4. The first-order valence-electron chi connectivity index (χ1n) is 4.44. The molecule has 1 aliphatic heterocycles. The molecule has 0 saturated carbocycles. The lowest BCUT2D eigenvalue weighted by molar-refractivity contribution is 0.162. The van der Waals surface area contributed by atoms with E-state index in [0.29, 0.717) is 15.7 Å². The number of hydrogen-bond acceptors (Lipinski definition) is 3. The van der Waals surface area contributed by atoms with E-state index in [1.807, 2.05) is 6.07 Å². The van der Waals surface area contributed by atoms with Crippen LogP contribution < -0.4 is 4.90 Å². The van der Waals surface area contributed by atoms with Gasteiger partial charge in [0.15, 0.2) is 0 Å². The Morgan fingerprint density at radius 3 is 2.81 bits per heavy atom. The SMILES string of the molecule is N#CC1CN(c2ccc(Cl)cc2Cl)C(=O)O1. The van der Waals surface area contributed by atoms with Crippen LogP contribution in [0, 0.1) is 11.3 Å². The van der Waals surface area contributed by atoms with Crippen LogP contribution in [0.5, 0.6) is 0 Å². The van der Waals surface area contributed by atoms with Crippen molar-refractivity contribution in [1.82, 2.24) is 0 Å². The molecule has 16 heavy (non-hydrogen) atoms. The molecule has 1 fully saturated rings. The number of rotatable bonds is 1. The summed E-state index contributed by atoms with van der Waals surface area (Å²) in [7, 11) is 0. The molecule has 6 heteroatoms. The van der Waals surface area contributed by atoms with Gasteiger partial charge in [0.25, 0.3) is 0 Å². The van der Waals surface area contributed by atoms with Gasteiger partial charge in [0.1, 0.15) is 6.07 Å². The van der Waals surface area contributed by atoms with Crippen LogP contribution in [-0.2, 0) is 4.74 Å². The van der Waals surface area contributed by atoms with Gasteiger partial charge in [-0.05, 0) is 18.2 Å². The summed E-state index contributed by atoms with van der Waals surface area (Å²) in [6.07, 6.45) is -1.32. The molecule has 2 rings (SSSR count). The van der Waals surface area contributed by atoms with E-state index < -0.39 is 12.2 Å². The van der Waals surface area contributed by atoms with E-state index in [1.165, 1.54) is 11.0 Å². The summed E-state index contributed by atoms with van der Waals surface area (Å²) in [4.78, 5) is 12.8. The topological polar surface area (TPSA) is 53.3 Å². The molecule has 1 aromatic rings. The molecule has 1 atom stereocenters. The quantitative estimate of drug-likeness (QED) is 0.777. The Morgan fingerprint density at radius 2 is 2.25 bits per heavy atom. The van der Waals surface area contributed by atoms with Crippen LogP contribution >= 0.6 is 23.2 Å². The second-order valence-corrected chi connectivity index (χ2v) is 4.05. The number of amides is 1. The molecule has 0 spiro atoms. The first kappa shape index (κ1) is 11.1. The Balaban J connectivity index is 2.32. The van der Waals surface area contributed by atoms with E-state index in [9.17, 15) is 4.79 Å². The van der Waals surface area contributed by atoms with Gasteiger partial charge in [-0.3, -0.25) is 4.90 Å². The highest BCUT2D eigenvalue weighted by atomic mass is 35.5. The van der Waals surface area contributed by atoms with Gasteiger partial charge in [0.05, 0.1) is 17.3 Å². The average Bonchev–Trinajstić information content (AvgIpc) is 2.60. The third-order valence-electron chi connectivity index (χ3n) is 2.16. The van der Waals surface area contributed by atoms with Crippen LogP contribution in [0.3, 0.4) is 0 Å². The smallest absolute Gasteiger partial charge is 0.415 e. The molecule has 1 heterocycles. The predicted octanol–water partition coefficient (Wildman–Crippen LogP) is 2.84. The first-order chi connectivity index (χ1) is 7.61. The predicted molar refractivity (Wildman–Crippen MR) is 59.7 cm³/mol. The summed E-state index contributed by atoms with van der Waals surface area (Å²) >= 11 is 11.7. The van der Waals surface area contributed by atoms with Gasteiger partial charge < -0.3 is 4.74 Å². The number of anilines is 1. The van der Waals surface area contributed by atoms with Crippen molar-refractivity contribution in [1.29, 1.82) is 5.26 Å². The standard InChI is InChI=1S/C10H6Cl2N2O2/c11-6-1-2-9(8(12)3-6)14-5-7(4-13)16-10(14)15/h1-3,7H,5H2. The van der Waals surface area contributed by atoms with Crippen LogP contribution in [0.1, 0.15) is 0 Å². The lowest BCUT2D eigenvalue weighted by Crippen LogP contribution is -2.24. The van der Waals surface area contributed by atoms with Crippen LogP contribution in [0.2, 0.25) is 10.0 Å². The number of carbonyl (C=O) groups excluding carboxylic acids is 1. The number of nitriles is 1. The monoisotopic (exact) mass is 256 g/mol. The van der Waals surface area contributed by atoms with Gasteiger partial charge in [0.2, 0.25) is 6.10 Å². The third kappa shape index (κ3) is 1.92. The molecule has 1 saturated heterocycles. The highest BCUT2D eigenvalue weighted by Crippen LogP contribution is 2.31. The Morgan fingerprint density at radius 1 is 1.50 bits per heavy atom. The van der Waals surface area contributed by atoms with Gasteiger partial charge in [-0.1, -0.05) is 23.2 Å². The fourth-order valence-corrected chi connectivity index (χ4v) is 1.94. The summed E-state index contributed by atoms with van der Waals surface area (Å²) in [5, 5.41) is 9.49. The van der Waals surface area contributed by atoms with Crippen molar-refractivity contribution in [3.8, 4) is 6.07 Å². The third-order valence-corrected chi connectivity index (χ3v) is 2.69. The average molecular weight is 257 g/mol. The van der Waals surface area contributed by atoms with Crippen molar-refractivity contribution in [2.45, 2.75) is 6.10 Å². The summed E-state index contributed by atoms with van der Waals surface area (Å²) in [6.45, 7) is 0.177. The minimum atomic E-state index is -0.751. The zero-order valence-corrected chi connectivity index (χ0v) is 9.50. The Bertz CT molecular complexity index is 484. The minimum Gasteiger partial charge on any atom is -0.428 e. The van der Waals surface area contributed by atoms with E-state index in [2.05, 4.69) is 0 Å². The van der Waals surface area contributed by atoms with E-state index >= 15 is 0 Å². The van der Waals surface area contributed by atoms with Crippen molar-refractivity contribution in [3.63, 3.8) is 0 Å². The zero-order valence-electron chi connectivity index (χ0n) is 7.98. The van der Waals surface area contributed by atoms with Crippen molar-refractivity contribution in [3.05, 3.63) is 28.2 Å². The van der Waals surface area contributed by atoms with Crippen molar-refractivity contribution in [2.75, 3.05) is 11.4 Å². The van der Waals surface area contributed by atoms with Gasteiger partial charge in [-0.25, -0.2) is 4.79 Å². The largest absolute Gasteiger partial charge is 0.428 e.